The first-order valence-corrected chi connectivity index (χ1v) is 6.05. The highest BCUT2D eigenvalue weighted by Gasteiger charge is 2.19. The zero-order valence-corrected chi connectivity index (χ0v) is 10.2. The van der Waals surface area contributed by atoms with Gasteiger partial charge in [-0.1, -0.05) is 12.1 Å². The number of rotatable bonds is 3. The van der Waals surface area contributed by atoms with Crippen LogP contribution in [0.4, 0.5) is 0 Å². The van der Waals surface area contributed by atoms with Crippen molar-refractivity contribution in [3.05, 3.63) is 54.2 Å². The molecule has 0 radical (unpaired) electrons. The summed E-state index contributed by atoms with van der Waals surface area (Å²) in [6.07, 6.45) is 1.63. The minimum absolute atomic E-state index is 0.327. The number of benzene rings is 1. The molecular weight excluding hydrogens is 226 g/mol. The SMILES string of the molecule is CCn1c(C(N)c2ccco2)nc2ccccc21. The van der Waals surface area contributed by atoms with E-state index in [1.54, 1.807) is 6.26 Å². The van der Waals surface area contributed by atoms with Gasteiger partial charge in [-0.25, -0.2) is 4.98 Å². The van der Waals surface area contributed by atoms with Gasteiger partial charge < -0.3 is 14.7 Å². The first-order chi connectivity index (χ1) is 8.81. The van der Waals surface area contributed by atoms with Crippen LogP contribution >= 0.6 is 0 Å². The lowest BCUT2D eigenvalue weighted by Gasteiger charge is -2.11. The lowest BCUT2D eigenvalue weighted by molar-refractivity contribution is 0.475. The predicted molar refractivity (Wildman–Crippen MR) is 70.1 cm³/mol. The van der Waals surface area contributed by atoms with Gasteiger partial charge in [0.25, 0.3) is 0 Å². The fourth-order valence-electron chi connectivity index (χ4n) is 2.26. The van der Waals surface area contributed by atoms with Crippen LogP contribution in [-0.2, 0) is 6.54 Å². The molecule has 92 valence electrons. The maximum Gasteiger partial charge on any atom is 0.134 e. The smallest absolute Gasteiger partial charge is 0.134 e. The van der Waals surface area contributed by atoms with Crippen LogP contribution in [0.5, 0.6) is 0 Å². The molecule has 2 heterocycles. The molecule has 2 aromatic heterocycles. The van der Waals surface area contributed by atoms with Crippen molar-refractivity contribution in [1.29, 1.82) is 0 Å². The minimum atomic E-state index is -0.327. The number of nitrogens with two attached hydrogens (primary N) is 1. The Kier molecular flexibility index (Phi) is 2.64. The van der Waals surface area contributed by atoms with Crippen LogP contribution in [0.25, 0.3) is 11.0 Å². The van der Waals surface area contributed by atoms with Gasteiger partial charge in [0.05, 0.1) is 17.3 Å². The van der Waals surface area contributed by atoms with Gasteiger partial charge >= 0.3 is 0 Å². The van der Waals surface area contributed by atoms with E-state index in [1.165, 1.54) is 0 Å². The molecule has 0 saturated heterocycles. The quantitative estimate of drug-likeness (QED) is 0.767. The molecule has 2 N–H and O–H groups in total. The molecule has 1 atom stereocenters. The molecule has 3 rings (SSSR count). The summed E-state index contributed by atoms with van der Waals surface area (Å²) in [4.78, 5) is 4.62. The number of fused-ring (bicyclic) bond motifs is 1. The van der Waals surface area contributed by atoms with Crippen molar-refractivity contribution in [3.63, 3.8) is 0 Å². The van der Waals surface area contributed by atoms with Crippen molar-refractivity contribution in [3.8, 4) is 0 Å². The third-order valence-electron chi connectivity index (χ3n) is 3.13. The molecule has 0 saturated carbocycles. The Hall–Kier alpha value is -2.07. The van der Waals surface area contributed by atoms with Crippen LogP contribution in [0.3, 0.4) is 0 Å². The van der Waals surface area contributed by atoms with Gasteiger partial charge in [-0.15, -0.1) is 0 Å². The van der Waals surface area contributed by atoms with Crippen LogP contribution in [0, 0.1) is 0 Å². The first-order valence-electron chi connectivity index (χ1n) is 6.05. The van der Waals surface area contributed by atoms with E-state index in [-0.39, 0.29) is 6.04 Å². The molecule has 0 spiro atoms. The molecular formula is C14H15N3O. The first kappa shape index (κ1) is 11.0. The largest absolute Gasteiger partial charge is 0.467 e. The molecule has 0 bridgehead atoms. The maximum absolute atomic E-state index is 6.22. The van der Waals surface area contributed by atoms with E-state index in [2.05, 4.69) is 22.5 Å². The van der Waals surface area contributed by atoms with E-state index in [9.17, 15) is 0 Å². The van der Waals surface area contributed by atoms with E-state index < -0.39 is 0 Å². The minimum Gasteiger partial charge on any atom is -0.467 e. The van der Waals surface area contributed by atoms with Crippen LogP contribution in [-0.4, -0.2) is 9.55 Å². The Morgan fingerprint density at radius 1 is 1.28 bits per heavy atom. The number of para-hydroxylation sites is 2. The summed E-state index contributed by atoms with van der Waals surface area (Å²) in [6.45, 7) is 2.93. The predicted octanol–water partition coefficient (Wildman–Crippen LogP) is 2.70. The van der Waals surface area contributed by atoms with Crippen LogP contribution in [0.1, 0.15) is 24.6 Å². The van der Waals surface area contributed by atoms with E-state index in [0.717, 1.165) is 29.2 Å². The number of imidazole rings is 1. The van der Waals surface area contributed by atoms with Crippen molar-refractivity contribution < 1.29 is 4.42 Å². The standard InChI is InChI=1S/C14H15N3O/c1-2-17-11-7-4-3-6-10(11)16-14(17)13(15)12-8-5-9-18-12/h3-9,13H,2,15H2,1H3. The number of aromatic nitrogens is 2. The van der Waals surface area contributed by atoms with E-state index in [0.29, 0.717) is 0 Å². The number of hydrogen-bond donors (Lipinski definition) is 1. The summed E-state index contributed by atoms with van der Waals surface area (Å²) in [6, 6.07) is 11.4. The summed E-state index contributed by atoms with van der Waals surface area (Å²) < 4.78 is 7.49. The van der Waals surface area contributed by atoms with Gasteiger partial charge in [0.1, 0.15) is 17.6 Å². The van der Waals surface area contributed by atoms with Crippen LogP contribution in [0.2, 0.25) is 0 Å². The Bertz CT molecular complexity index is 655. The summed E-state index contributed by atoms with van der Waals surface area (Å²) in [5.74, 6) is 1.58. The van der Waals surface area contributed by atoms with E-state index in [1.807, 2.05) is 30.3 Å². The van der Waals surface area contributed by atoms with Crippen molar-refractivity contribution in [2.75, 3.05) is 0 Å². The molecule has 4 heteroatoms. The van der Waals surface area contributed by atoms with E-state index >= 15 is 0 Å². The molecule has 0 aliphatic rings. The second-order valence-electron chi connectivity index (χ2n) is 4.20. The molecule has 18 heavy (non-hydrogen) atoms. The molecule has 0 aliphatic heterocycles. The normalized spacial score (nSPS) is 13.0. The average Bonchev–Trinajstić information content (AvgIpc) is 3.04. The Morgan fingerprint density at radius 2 is 2.11 bits per heavy atom. The molecule has 3 aromatic rings. The molecule has 1 unspecified atom stereocenters. The van der Waals surface area contributed by atoms with Crippen LogP contribution in [0.15, 0.2) is 47.1 Å². The fraction of sp³-hybridized carbons (Fsp3) is 0.214. The van der Waals surface area contributed by atoms with Crippen molar-refractivity contribution >= 4 is 11.0 Å². The Balaban J connectivity index is 2.16. The summed E-state index contributed by atoms with van der Waals surface area (Å²) >= 11 is 0. The van der Waals surface area contributed by atoms with Crippen molar-refractivity contribution in [2.45, 2.75) is 19.5 Å². The summed E-state index contributed by atoms with van der Waals surface area (Å²) in [7, 11) is 0. The molecule has 0 aliphatic carbocycles. The second kappa shape index (κ2) is 4.31. The van der Waals surface area contributed by atoms with Gasteiger partial charge in [0, 0.05) is 6.54 Å². The average molecular weight is 241 g/mol. The topological polar surface area (TPSA) is 57.0 Å². The fourth-order valence-corrected chi connectivity index (χ4v) is 2.26. The lowest BCUT2D eigenvalue weighted by atomic mass is 10.2. The van der Waals surface area contributed by atoms with Crippen molar-refractivity contribution in [1.82, 2.24) is 9.55 Å². The number of nitrogens with zero attached hydrogens (tertiary/aromatic N) is 2. The number of hydrogen-bond acceptors (Lipinski definition) is 3. The highest BCUT2D eigenvalue weighted by molar-refractivity contribution is 5.76. The highest BCUT2D eigenvalue weighted by atomic mass is 16.3. The molecule has 0 amide bonds. The number of aryl methyl sites for hydroxylation is 1. The highest BCUT2D eigenvalue weighted by Crippen LogP contribution is 2.24. The summed E-state index contributed by atoms with van der Waals surface area (Å²) in [5, 5.41) is 0. The molecule has 0 fully saturated rings. The van der Waals surface area contributed by atoms with Gasteiger partial charge in [0.15, 0.2) is 0 Å². The number of furan rings is 1. The third-order valence-corrected chi connectivity index (χ3v) is 3.13. The molecule has 4 nitrogen and oxygen atoms in total. The second-order valence-corrected chi connectivity index (χ2v) is 4.20. The van der Waals surface area contributed by atoms with Gasteiger partial charge in [-0.3, -0.25) is 0 Å². The lowest BCUT2D eigenvalue weighted by Crippen LogP contribution is -2.17. The Labute approximate surface area is 105 Å². The summed E-state index contributed by atoms with van der Waals surface area (Å²) in [5.41, 5.74) is 8.30. The Morgan fingerprint density at radius 3 is 2.83 bits per heavy atom. The third kappa shape index (κ3) is 1.62. The molecule has 1 aromatic carbocycles. The van der Waals surface area contributed by atoms with Crippen LogP contribution < -0.4 is 5.73 Å². The van der Waals surface area contributed by atoms with Gasteiger partial charge in [0.2, 0.25) is 0 Å². The monoisotopic (exact) mass is 241 g/mol. The zero-order chi connectivity index (χ0) is 12.5. The van der Waals surface area contributed by atoms with Crippen molar-refractivity contribution in [2.24, 2.45) is 5.73 Å². The van der Waals surface area contributed by atoms with E-state index in [4.69, 9.17) is 10.2 Å². The van der Waals surface area contributed by atoms with Gasteiger partial charge in [-0.2, -0.15) is 0 Å². The maximum atomic E-state index is 6.22. The zero-order valence-electron chi connectivity index (χ0n) is 10.2. The van der Waals surface area contributed by atoms with Gasteiger partial charge in [-0.05, 0) is 31.2 Å².